The fourth-order valence-electron chi connectivity index (χ4n) is 2.10. The van der Waals surface area contributed by atoms with Crippen LogP contribution in [0.1, 0.15) is 5.56 Å². The van der Waals surface area contributed by atoms with Crippen molar-refractivity contribution in [2.24, 2.45) is 0 Å². The highest BCUT2D eigenvalue weighted by Gasteiger charge is 2.21. The highest BCUT2D eigenvalue weighted by atomic mass is 79.9. The second-order valence-electron chi connectivity index (χ2n) is 5.18. The number of aliphatic hydroxyl groups excluding tert-OH is 1. The molecule has 0 aromatic heterocycles. The molecule has 2 rings (SSSR count). The molecule has 8 nitrogen and oxygen atoms in total. The standard InChI is InChI=1S/C15H16BrN3O5S/c1-10-2-5-15(12(16)8-10)25(23,24)18-14-9-11(19(21)22)3-4-13(14)17-6-7-20/h2-5,8-9,17-18,20H,6-7H2,1H3. The third-order valence-corrected chi connectivity index (χ3v) is 5.60. The molecular formula is C15H16BrN3O5S. The number of nitrogens with zero attached hydrogens (tertiary/aromatic N) is 1. The van der Waals surface area contributed by atoms with Crippen molar-refractivity contribution in [3.8, 4) is 0 Å². The molecule has 10 heteroatoms. The van der Waals surface area contributed by atoms with Gasteiger partial charge >= 0.3 is 0 Å². The highest BCUT2D eigenvalue weighted by Crippen LogP contribution is 2.31. The third-order valence-electron chi connectivity index (χ3n) is 3.26. The Kier molecular flexibility index (Phi) is 5.98. The molecule has 3 N–H and O–H groups in total. The van der Waals surface area contributed by atoms with Gasteiger partial charge < -0.3 is 10.4 Å². The molecule has 134 valence electrons. The maximum atomic E-state index is 12.7. The average Bonchev–Trinajstić information content (AvgIpc) is 2.52. The van der Waals surface area contributed by atoms with Crippen LogP contribution < -0.4 is 10.0 Å². The van der Waals surface area contributed by atoms with Crippen molar-refractivity contribution in [3.05, 3.63) is 56.5 Å². The van der Waals surface area contributed by atoms with E-state index in [0.29, 0.717) is 10.2 Å². The molecule has 0 spiro atoms. The molecule has 0 aliphatic carbocycles. The Hall–Kier alpha value is -2.17. The summed E-state index contributed by atoms with van der Waals surface area (Å²) < 4.78 is 28.1. The number of benzene rings is 2. The molecule has 2 aromatic rings. The SMILES string of the molecule is Cc1ccc(S(=O)(=O)Nc2cc([N+](=O)[O-])ccc2NCCO)c(Br)c1. The number of non-ortho nitro benzene ring substituents is 1. The summed E-state index contributed by atoms with van der Waals surface area (Å²) >= 11 is 3.22. The van der Waals surface area contributed by atoms with Crippen LogP contribution in [-0.4, -0.2) is 31.6 Å². The molecule has 0 unspecified atom stereocenters. The summed E-state index contributed by atoms with van der Waals surface area (Å²) in [4.78, 5) is 10.4. The molecule has 0 aliphatic heterocycles. The zero-order valence-electron chi connectivity index (χ0n) is 13.2. The van der Waals surface area contributed by atoms with E-state index < -0.39 is 14.9 Å². The topological polar surface area (TPSA) is 122 Å². The Morgan fingerprint density at radius 1 is 1.20 bits per heavy atom. The van der Waals surface area contributed by atoms with Gasteiger partial charge in [-0.05, 0) is 46.6 Å². The maximum Gasteiger partial charge on any atom is 0.271 e. The predicted molar refractivity (Wildman–Crippen MR) is 98.4 cm³/mol. The van der Waals surface area contributed by atoms with Crippen LogP contribution in [0.25, 0.3) is 0 Å². The predicted octanol–water partition coefficient (Wildman–Crippen LogP) is 2.87. The van der Waals surface area contributed by atoms with Crippen LogP contribution in [0, 0.1) is 17.0 Å². The number of halogens is 1. The van der Waals surface area contributed by atoms with Crippen molar-refractivity contribution in [2.45, 2.75) is 11.8 Å². The number of sulfonamides is 1. The Morgan fingerprint density at radius 3 is 2.52 bits per heavy atom. The Balaban J connectivity index is 2.45. The van der Waals surface area contributed by atoms with Gasteiger partial charge in [-0.15, -0.1) is 0 Å². The smallest absolute Gasteiger partial charge is 0.271 e. The van der Waals surface area contributed by atoms with Gasteiger partial charge in [-0.25, -0.2) is 8.42 Å². The van der Waals surface area contributed by atoms with Gasteiger partial charge in [0, 0.05) is 23.2 Å². The van der Waals surface area contributed by atoms with Crippen LogP contribution in [0.15, 0.2) is 45.8 Å². The monoisotopic (exact) mass is 429 g/mol. The van der Waals surface area contributed by atoms with Crippen LogP contribution >= 0.6 is 15.9 Å². The van der Waals surface area contributed by atoms with Gasteiger partial charge in [0.1, 0.15) is 4.90 Å². The normalized spacial score (nSPS) is 11.2. The summed E-state index contributed by atoms with van der Waals surface area (Å²) in [6.45, 7) is 1.82. The summed E-state index contributed by atoms with van der Waals surface area (Å²) in [5.74, 6) is 0. The molecule has 25 heavy (non-hydrogen) atoms. The number of aliphatic hydroxyl groups is 1. The molecule has 2 aromatic carbocycles. The fraction of sp³-hybridized carbons (Fsp3) is 0.200. The van der Waals surface area contributed by atoms with Gasteiger partial charge in [-0.2, -0.15) is 0 Å². The highest BCUT2D eigenvalue weighted by molar-refractivity contribution is 9.10. The van der Waals surface area contributed by atoms with Crippen LogP contribution in [0.3, 0.4) is 0 Å². The number of hydrogen-bond donors (Lipinski definition) is 3. The van der Waals surface area contributed by atoms with E-state index in [1.807, 2.05) is 6.92 Å². The fourth-order valence-corrected chi connectivity index (χ4v) is 4.36. The van der Waals surface area contributed by atoms with Crippen molar-refractivity contribution in [1.29, 1.82) is 0 Å². The minimum absolute atomic E-state index is 0.0118. The lowest BCUT2D eigenvalue weighted by Crippen LogP contribution is -2.16. The van der Waals surface area contributed by atoms with Crippen LogP contribution in [0.4, 0.5) is 17.1 Å². The molecule has 0 radical (unpaired) electrons. The molecule has 0 fully saturated rings. The molecule has 0 saturated heterocycles. The number of nitro benzene ring substituents is 1. The third kappa shape index (κ3) is 4.68. The Labute approximate surface area is 153 Å². The van der Waals surface area contributed by atoms with Gasteiger partial charge in [-0.3, -0.25) is 14.8 Å². The molecule has 0 heterocycles. The van der Waals surface area contributed by atoms with Crippen molar-refractivity contribution < 1.29 is 18.4 Å². The molecule has 0 saturated carbocycles. The molecule has 0 atom stereocenters. The number of hydrogen-bond acceptors (Lipinski definition) is 6. The second kappa shape index (κ2) is 7.81. The number of nitrogens with one attached hydrogen (secondary N) is 2. The largest absolute Gasteiger partial charge is 0.395 e. The summed E-state index contributed by atoms with van der Waals surface area (Å²) in [6.07, 6.45) is 0. The van der Waals surface area contributed by atoms with Gasteiger partial charge in [0.2, 0.25) is 0 Å². The first-order valence-corrected chi connectivity index (χ1v) is 9.44. The quantitative estimate of drug-likeness (QED) is 0.459. The number of anilines is 2. The second-order valence-corrected chi connectivity index (χ2v) is 7.68. The van der Waals surface area contributed by atoms with Crippen LogP contribution in [-0.2, 0) is 10.0 Å². The lowest BCUT2D eigenvalue weighted by atomic mass is 10.2. The zero-order chi connectivity index (χ0) is 18.6. The summed E-state index contributed by atoms with van der Waals surface area (Å²) in [6, 6.07) is 8.51. The van der Waals surface area contributed by atoms with Crippen molar-refractivity contribution in [2.75, 3.05) is 23.2 Å². The minimum Gasteiger partial charge on any atom is -0.395 e. The van der Waals surface area contributed by atoms with E-state index in [2.05, 4.69) is 26.0 Å². The first-order valence-electron chi connectivity index (χ1n) is 7.17. The lowest BCUT2D eigenvalue weighted by molar-refractivity contribution is -0.384. The van der Waals surface area contributed by atoms with E-state index in [1.165, 1.54) is 18.2 Å². The molecule has 0 bridgehead atoms. The molecule has 0 amide bonds. The maximum absolute atomic E-state index is 12.7. The molecular weight excluding hydrogens is 414 g/mol. The van der Waals surface area contributed by atoms with Gasteiger partial charge in [-0.1, -0.05) is 6.07 Å². The number of rotatable bonds is 7. The van der Waals surface area contributed by atoms with E-state index >= 15 is 0 Å². The Bertz CT molecular complexity index is 902. The van der Waals surface area contributed by atoms with E-state index in [-0.39, 0.29) is 29.4 Å². The van der Waals surface area contributed by atoms with Gasteiger partial charge in [0.25, 0.3) is 15.7 Å². The summed E-state index contributed by atoms with van der Waals surface area (Å²) in [5, 5.41) is 22.7. The van der Waals surface area contributed by atoms with Gasteiger partial charge in [0.15, 0.2) is 0 Å². The first-order chi connectivity index (χ1) is 11.7. The van der Waals surface area contributed by atoms with E-state index in [4.69, 9.17) is 5.11 Å². The summed E-state index contributed by atoms with van der Waals surface area (Å²) in [7, 11) is -3.97. The Morgan fingerprint density at radius 2 is 1.92 bits per heavy atom. The van der Waals surface area contributed by atoms with E-state index in [9.17, 15) is 18.5 Å². The van der Waals surface area contributed by atoms with E-state index in [0.717, 1.165) is 11.6 Å². The van der Waals surface area contributed by atoms with Gasteiger partial charge in [0.05, 0.1) is 22.9 Å². The minimum atomic E-state index is -3.97. The first kappa shape index (κ1) is 19.2. The van der Waals surface area contributed by atoms with Crippen LogP contribution in [0.5, 0.6) is 0 Å². The zero-order valence-corrected chi connectivity index (χ0v) is 15.6. The van der Waals surface area contributed by atoms with Crippen LogP contribution in [0.2, 0.25) is 0 Å². The average molecular weight is 430 g/mol. The molecule has 0 aliphatic rings. The van der Waals surface area contributed by atoms with Crippen molar-refractivity contribution in [3.63, 3.8) is 0 Å². The van der Waals surface area contributed by atoms with Crippen molar-refractivity contribution >= 4 is 43.0 Å². The number of nitro groups is 1. The lowest BCUT2D eigenvalue weighted by Gasteiger charge is -2.14. The van der Waals surface area contributed by atoms with Crippen molar-refractivity contribution in [1.82, 2.24) is 0 Å². The number of aryl methyl sites for hydroxylation is 1. The van der Waals surface area contributed by atoms with E-state index in [1.54, 1.807) is 12.1 Å². The summed E-state index contributed by atoms with van der Waals surface area (Å²) in [5.41, 5.74) is 0.975.